The van der Waals surface area contributed by atoms with Gasteiger partial charge in [0.05, 0.1) is 18.8 Å². The van der Waals surface area contributed by atoms with Crippen molar-refractivity contribution >= 4 is 23.4 Å². The van der Waals surface area contributed by atoms with E-state index in [4.69, 9.17) is 9.47 Å². The molecule has 7 nitrogen and oxygen atoms in total. The van der Waals surface area contributed by atoms with Crippen LogP contribution in [0.25, 0.3) is 0 Å². The average molecular weight is 514 g/mol. The van der Waals surface area contributed by atoms with Gasteiger partial charge in [0, 0.05) is 41.4 Å². The minimum Gasteiger partial charge on any atom is -0.392 e. The Balaban J connectivity index is 1.31. The van der Waals surface area contributed by atoms with E-state index in [2.05, 4.69) is 15.3 Å². The van der Waals surface area contributed by atoms with Crippen LogP contribution in [0.5, 0.6) is 0 Å². The number of carbonyl (C=O) groups is 1. The van der Waals surface area contributed by atoms with E-state index in [1.165, 1.54) is 0 Å². The summed E-state index contributed by atoms with van der Waals surface area (Å²) in [6, 6.07) is 26.2. The van der Waals surface area contributed by atoms with Gasteiger partial charge < -0.3 is 19.9 Å². The van der Waals surface area contributed by atoms with E-state index in [-0.39, 0.29) is 24.7 Å². The van der Waals surface area contributed by atoms with E-state index in [0.717, 1.165) is 16.7 Å². The summed E-state index contributed by atoms with van der Waals surface area (Å²) >= 11 is 1.55. The molecule has 1 saturated heterocycles. The molecule has 2 heterocycles. The number of aliphatic hydroxyl groups excluding tert-OH is 1. The Bertz CT molecular complexity index is 1290. The van der Waals surface area contributed by atoms with Crippen molar-refractivity contribution in [2.24, 2.45) is 0 Å². The minimum absolute atomic E-state index is 0.00103. The summed E-state index contributed by atoms with van der Waals surface area (Å²) in [6.07, 6.45) is 3.30. The maximum atomic E-state index is 12.5. The Hall–Kier alpha value is -3.56. The molecule has 1 aliphatic heterocycles. The number of benzene rings is 3. The average Bonchev–Trinajstić information content (AvgIpc) is 2.97. The first-order valence-corrected chi connectivity index (χ1v) is 13.0. The molecule has 5 rings (SSSR count). The zero-order valence-corrected chi connectivity index (χ0v) is 20.9. The number of carbonyl (C=O) groups excluding carboxylic acids is 1. The summed E-state index contributed by atoms with van der Waals surface area (Å²) in [5, 5.41) is 13.0. The number of aromatic nitrogens is 2. The molecule has 0 spiro atoms. The van der Waals surface area contributed by atoms with Crippen LogP contribution >= 0.6 is 11.8 Å². The lowest BCUT2D eigenvalue weighted by Crippen LogP contribution is -2.31. The highest BCUT2D eigenvalue weighted by molar-refractivity contribution is 7.99. The molecular weight excluding hydrogens is 486 g/mol. The van der Waals surface area contributed by atoms with Crippen LogP contribution in [0.1, 0.15) is 45.9 Å². The van der Waals surface area contributed by atoms with Crippen molar-refractivity contribution in [1.82, 2.24) is 9.97 Å². The molecule has 37 heavy (non-hydrogen) atoms. The lowest BCUT2D eigenvalue weighted by atomic mass is 10.0. The van der Waals surface area contributed by atoms with E-state index in [0.29, 0.717) is 28.6 Å². The van der Waals surface area contributed by atoms with Crippen LogP contribution < -0.4 is 5.32 Å². The zero-order chi connectivity index (χ0) is 25.5. The maximum absolute atomic E-state index is 12.5. The second kappa shape index (κ2) is 12.1. The van der Waals surface area contributed by atoms with Gasteiger partial charge in [-0.3, -0.25) is 4.79 Å². The first-order chi connectivity index (χ1) is 18.2. The van der Waals surface area contributed by atoms with Crippen LogP contribution in [0.4, 0.5) is 5.69 Å². The Labute approximate surface area is 219 Å². The van der Waals surface area contributed by atoms with Gasteiger partial charge in [-0.05, 0) is 41.5 Å². The highest BCUT2D eigenvalue weighted by Crippen LogP contribution is 2.39. The Morgan fingerprint density at radius 2 is 1.59 bits per heavy atom. The number of thioether (sulfide) groups is 1. The molecule has 8 heteroatoms. The number of anilines is 1. The number of rotatable bonds is 8. The number of nitrogens with one attached hydrogen (secondary N) is 1. The Morgan fingerprint density at radius 1 is 0.892 bits per heavy atom. The van der Waals surface area contributed by atoms with Gasteiger partial charge in [0.1, 0.15) is 0 Å². The number of aliphatic hydroxyl groups is 1. The van der Waals surface area contributed by atoms with E-state index in [1.807, 2.05) is 66.7 Å². The Kier molecular flexibility index (Phi) is 8.22. The lowest BCUT2D eigenvalue weighted by Gasteiger charge is -2.36. The number of hydrogen-bond donors (Lipinski definition) is 2. The molecule has 4 aromatic rings. The maximum Gasteiger partial charge on any atom is 0.255 e. The third-order valence-electron chi connectivity index (χ3n) is 6.03. The molecule has 1 aromatic heterocycles. The van der Waals surface area contributed by atoms with Gasteiger partial charge >= 0.3 is 0 Å². The monoisotopic (exact) mass is 513 g/mol. The zero-order valence-electron chi connectivity index (χ0n) is 20.1. The molecule has 3 aromatic carbocycles. The van der Waals surface area contributed by atoms with Gasteiger partial charge in [0.2, 0.25) is 0 Å². The highest BCUT2D eigenvalue weighted by Gasteiger charge is 2.32. The van der Waals surface area contributed by atoms with Gasteiger partial charge in [0.25, 0.3) is 5.91 Å². The number of nitrogens with zero attached hydrogens (tertiary/aromatic N) is 2. The molecule has 0 aliphatic carbocycles. The summed E-state index contributed by atoms with van der Waals surface area (Å²) in [6.45, 7) is 0.00103. The third-order valence-corrected chi connectivity index (χ3v) is 7.04. The van der Waals surface area contributed by atoms with Gasteiger partial charge in [0.15, 0.2) is 11.4 Å². The van der Waals surface area contributed by atoms with Crippen molar-refractivity contribution in [3.8, 4) is 0 Å². The number of hydrogen-bond acceptors (Lipinski definition) is 7. The topological polar surface area (TPSA) is 93.6 Å². The fourth-order valence-corrected chi connectivity index (χ4v) is 4.89. The molecule has 0 unspecified atom stereocenters. The molecule has 0 saturated carbocycles. The van der Waals surface area contributed by atoms with E-state index >= 15 is 0 Å². The van der Waals surface area contributed by atoms with E-state index < -0.39 is 6.29 Å². The van der Waals surface area contributed by atoms with Crippen molar-refractivity contribution < 1.29 is 19.4 Å². The summed E-state index contributed by atoms with van der Waals surface area (Å²) in [7, 11) is 0. The number of amides is 1. The molecule has 1 aliphatic rings. The molecule has 1 amide bonds. The summed E-state index contributed by atoms with van der Waals surface area (Å²) in [4.78, 5) is 21.1. The Morgan fingerprint density at radius 3 is 2.30 bits per heavy atom. The van der Waals surface area contributed by atoms with Gasteiger partial charge in [-0.1, -0.05) is 66.4 Å². The first-order valence-electron chi connectivity index (χ1n) is 12.0. The summed E-state index contributed by atoms with van der Waals surface area (Å²) in [5.41, 5.74) is 4.04. The predicted molar refractivity (Wildman–Crippen MR) is 142 cm³/mol. The van der Waals surface area contributed by atoms with Crippen molar-refractivity contribution in [2.45, 2.75) is 36.7 Å². The van der Waals surface area contributed by atoms with Crippen molar-refractivity contribution in [2.75, 3.05) is 11.1 Å². The van der Waals surface area contributed by atoms with Crippen LogP contribution in [-0.2, 0) is 16.1 Å². The highest BCUT2D eigenvalue weighted by atomic mass is 32.2. The van der Waals surface area contributed by atoms with Crippen molar-refractivity contribution in [3.63, 3.8) is 0 Å². The van der Waals surface area contributed by atoms with Gasteiger partial charge in [-0.25, -0.2) is 9.97 Å². The van der Waals surface area contributed by atoms with Crippen LogP contribution in [0.2, 0.25) is 0 Å². The third kappa shape index (κ3) is 6.61. The molecular formula is C29H27N3O4S. The molecule has 0 bridgehead atoms. The fraction of sp³-hybridized carbons (Fsp3) is 0.207. The standard InChI is InChI=1S/C29H27N3O4S/c33-18-20-7-9-21(10-8-20)26-17-25(19-37-29-30-15-4-16-31-29)35-28(36-26)23-11-13-24(14-12-23)32-27(34)22-5-2-1-3-6-22/h1-16,25-26,28,33H,17-19H2,(H,32,34)/t25-,26+,28+/m0/s1. The van der Waals surface area contributed by atoms with Crippen LogP contribution in [0.15, 0.2) is 102 Å². The quantitative estimate of drug-likeness (QED) is 0.235. The SMILES string of the molecule is O=C(Nc1ccc([C@@H]2O[C@H](CSc3ncccn3)C[C@H](c3ccc(CO)cc3)O2)cc1)c1ccccc1. The van der Waals surface area contributed by atoms with E-state index in [1.54, 1.807) is 42.4 Å². The van der Waals surface area contributed by atoms with Crippen LogP contribution in [0, 0.1) is 0 Å². The van der Waals surface area contributed by atoms with Crippen molar-refractivity contribution in [1.29, 1.82) is 0 Å². The first kappa shape index (κ1) is 25.1. The molecule has 0 radical (unpaired) electrons. The largest absolute Gasteiger partial charge is 0.392 e. The van der Waals surface area contributed by atoms with E-state index in [9.17, 15) is 9.90 Å². The molecule has 2 N–H and O–H groups in total. The summed E-state index contributed by atoms with van der Waals surface area (Å²) < 4.78 is 12.7. The van der Waals surface area contributed by atoms with Gasteiger partial charge in [-0.2, -0.15) is 0 Å². The molecule has 1 fully saturated rings. The number of ether oxygens (including phenoxy) is 2. The molecule has 188 valence electrons. The van der Waals surface area contributed by atoms with Crippen molar-refractivity contribution in [3.05, 3.63) is 120 Å². The van der Waals surface area contributed by atoms with Crippen LogP contribution in [-0.4, -0.2) is 32.8 Å². The minimum atomic E-state index is -0.572. The molecule has 3 atom stereocenters. The van der Waals surface area contributed by atoms with Gasteiger partial charge in [-0.15, -0.1) is 0 Å². The fourth-order valence-electron chi connectivity index (χ4n) is 4.07. The normalized spacial score (nSPS) is 19.3. The lowest BCUT2D eigenvalue weighted by molar-refractivity contribution is -0.245. The van der Waals surface area contributed by atoms with Crippen LogP contribution in [0.3, 0.4) is 0 Å². The predicted octanol–water partition coefficient (Wildman–Crippen LogP) is 5.56. The smallest absolute Gasteiger partial charge is 0.255 e. The second-order valence-electron chi connectivity index (χ2n) is 8.63. The summed E-state index contributed by atoms with van der Waals surface area (Å²) in [5.74, 6) is 0.519. The second-order valence-corrected chi connectivity index (χ2v) is 9.62.